The lowest BCUT2D eigenvalue weighted by molar-refractivity contribution is -0.485. The summed E-state index contributed by atoms with van der Waals surface area (Å²) in [6.07, 6.45) is 1.02. The van der Waals surface area contributed by atoms with Crippen LogP contribution in [0, 0.1) is 15.5 Å². The second-order valence-electron chi connectivity index (χ2n) is 8.81. The first-order chi connectivity index (χ1) is 14.1. The van der Waals surface area contributed by atoms with Crippen molar-refractivity contribution in [1.29, 1.82) is 0 Å². The quantitative estimate of drug-likeness (QED) is 0.296. The zero-order chi connectivity index (χ0) is 21.9. The van der Waals surface area contributed by atoms with E-state index in [4.69, 9.17) is 4.74 Å². The summed E-state index contributed by atoms with van der Waals surface area (Å²) in [4.78, 5) is 37.3. The Morgan fingerprint density at radius 3 is 2.20 bits per heavy atom. The number of carbonyl (C=O) groups excluding carboxylic acids is 2. The van der Waals surface area contributed by atoms with Gasteiger partial charge in [-0.05, 0) is 50.3 Å². The van der Waals surface area contributed by atoms with Gasteiger partial charge in [0, 0.05) is 11.3 Å². The van der Waals surface area contributed by atoms with Gasteiger partial charge in [0.25, 0.3) is 0 Å². The Balaban J connectivity index is 2.04. The van der Waals surface area contributed by atoms with Gasteiger partial charge in [-0.25, -0.2) is 0 Å². The third-order valence-electron chi connectivity index (χ3n) is 5.58. The molecule has 0 radical (unpaired) electrons. The van der Waals surface area contributed by atoms with E-state index in [0.717, 1.165) is 11.1 Å². The average Bonchev–Trinajstić information content (AvgIpc) is 3.08. The maximum Gasteiger partial charge on any atom is 0.321 e. The monoisotopic (exact) mass is 409 g/mol. The molecule has 0 heterocycles. The number of ketones is 1. The fourth-order valence-electron chi connectivity index (χ4n) is 4.22. The molecular weight excluding hydrogens is 382 g/mol. The first kappa shape index (κ1) is 21.7. The van der Waals surface area contributed by atoms with Crippen LogP contribution in [0.2, 0.25) is 0 Å². The predicted molar refractivity (Wildman–Crippen MR) is 114 cm³/mol. The first-order valence-electron chi connectivity index (χ1n) is 10.2. The Kier molecular flexibility index (Phi) is 6.06. The van der Waals surface area contributed by atoms with E-state index in [9.17, 15) is 19.7 Å². The summed E-state index contributed by atoms with van der Waals surface area (Å²) in [6, 6.07) is 17.1. The molecule has 0 bridgehead atoms. The van der Waals surface area contributed by atoms with Crippen molar-refractivity contribution in [2.45, 2.75) is 51.6 Å². The lowest BCUT2D eigenvalue weighted by atomic mass is 9.69. The van der Waals surface area contributed by atoms with Crippen LogP contribution in [0.3, 0.4) is 0 Å². The predicted octanol–water partition coefficient (Wildman–Crippen LogP) is 4.80. The highest BCUT2D eigenvalue weighted by molar-refractivity contribution is 6.06. The number of nitro groups is 1. The van der Waals surface area contributed by atoms with E-state index in [0.29, 0.717) is 12.0 Å². The van der Waals surface area contributed by atoms with Gasteiger partial charge in [-0.15, -0.1) is 0 Å². The summed E-state index contributed by atoms with van der Waals surface area (Å²) >= 11 is 0. The molecule has 158 valence electrons. The second kappa shape index (κ2) is 8.38. The van der Waals surface area contributed by atoms with Crippen LogP contribution < -0.4 is 0 Å². The van der Waals surface area contributed by atoms with Crippen molar-refractivity contribution in [2.75, 3.05) is 6.54 Å². The molecule has 6 heteroatoms. The Morgan fingerprint density at radius 1 is 1.10 bits per heavy atom. The van der Waals surface area contributed by atoms with Crippen molar-refractivity contribution in [3.05, 3.63) is 70.3 Å². The Bertz CT molecular complexity index is 930. The summed E-state index contributed by atoms with van der Waals surface area (Å²) < 4.78 is 5.59. The summed E-state index contributed by atoms with van der Waals surface area (Å²) in [5, 5.41) is 11.5. The molecule has 0 saturated heterocycles. The van der Waals surface area contributed by atoms with E-state index in [1.807, 2.05) is 42.5 Å². The van der Waals surface area contributed by atoms with E-state index in [-0.39, 0.29) is 18.6 Å². The van der Waals surface area contributed by atoms with Crippen LogP contribution in [-0.4, -0.2) is 28.8 Å². The van der Waals surface area contributed by atoms with E-state index in [2.05, 4.69) is 0 Å². The second-order valence-corrected chi connectivity index (χ2v) is 8.81. The minimum absolute atomic E-state index is 0.232. The highest BCUT2D eigenvalue weighted by atomic mass is 16.6. The van der Waals surface area contributed by atoms with Crippen LogP contribution in [0.1, 0.15) is 51.5 Å². The van der Waals surface area contributed by atoms with E-state index in [1.165, 1.54) is 0 Å². The van der Waals surface area contributed by atoms with Crippen LogP contribution in [-0.2, 0) is 14.3 Å². The van der Waals surface area contributed by atoms with E-state index < -0.39 is 34.4 Å². The summed E-state index contributed by atoms with van der Waals surface area (Å²) in [5.41, 5.74) is 0.280. The Hall–Kier alpha value is -3.02. The van der Waals surface area contributed by atoms with Crippen molar-refractivity contribution >= 4 is 11.8 Å². The topological polar surface area (TPSA) is 86.5 Å². The fourth-order valence-corrected chi connectivity index (χ4v) is 4.22. The molecular formula is C24H27NO5. The van der Waals surface area contributed by atoms with Crippen molar-refractivity contribution in [1.82, 2.24) is 0 Å². The number of nitrogens with zero attached hydrogens (tertiary/aromatic N) is 1. The van der Waals surface area contributed by atoms with Crippen LogP contribution in [0.4, 0.5) is 0 Å². The van der Waals surface area contributed by atoms with Crippen LogP contribution in [0.5, 0.6) is 0 Å². The van der Waals surface area contributed by atoms with Crippen molar-refractivity contribution < 1.29 is 19.2 Å². The minimum atomic E-state index is -1.52. The normalized spacial score (nSPS) is 20.0. The summed E-state index contributed by atoms with van der Waals surface area (Å²) in [7, 11) is 0. The molecule has 0 unspecified atom stereocenters. The van der Waals surface area contributed by atoms with Crippen molar-refractivity contribution in [2.24, 2.45) is 5.41 Å². The minimum Gasteiger partial charge on any atom is -0.459 e. The molecule has 0 N–H and O–H groups in total. The third kappa shape index (κ3) is 4.42. The van der Waals surface area contributed by atoms with Gasteiger partial charge in [0.1, 0.15) is 11.0 Å². The van der Waals surface area contributed by atoms with Gasteiger partial charge < -0.3 is 4.74 Å². The van der Waals surface area contributed by atoms with Crippen LogP contribution >= 0.6 is 0 Å². The molecule has 2 aromatic carbocycles. The number of carbonyl (C=O) groups is 2. The van der Waals surface area contributed by atoms with Crippen LogP contribution in [0.25, 0.3) is 11.1 Å². The standard InChI is InChI=1S/C24H27NO5/c1-23(2,3)30-22(27)24(15-7-10-21(24)26)20(16-25(28)29)19-13-11-18(12-14-19)17-8-5-4-6-9-17/h4-6,8-9,11-14,20H,7,10,15-16H2,1-3H3/t20-,24+/m0/s1. The van der Waals surface area contributed by atoms with Crippen molar-refractivity contribution in [3.63, 3.8) is 0 Å². The number of ether oxygens (including phenoxy) is 1. The molecule has 6 nitrogen and oxygen atoms in total. The zero-order valence-electron chi connectivity index (χ0n) is 17.6. The molecule has 1 aliphatic rings. The first-order valence-corrected chi connectivity index (χ1v) is 10.2. The van der Waals surface area contributed by atoms with Gasteiger partial charge in [0.05, 0.1) is 5.92 Å². The Morgan fingerprint density at radius 2 is 1.70 bits per heavy atom. The molecule has 0 amide bonds. The highest BCUT2D eigenvalue weighted by Gasteiger charge is 2.58. The molecule has 3 rings (SSSR count). The fraction of sp³-hybridized carbons (Fsp3) is 0.417. The smallest absolute Gasteiger partial charge is 0.321 e. The molecule has 0 aromatic heterocycles. The van der Waals surface area contributed by atoms with Gasteiger partial charge in [-0.1, -0.05) is 54.6 Å². The lowest BCUT2D eigenvalue weighted by Gasteiger charge is -2.34. The summed E-state index contributed by atoms with van der Waals surface area (Å²) in [6.45, 7) is 4.69. The molecule has 0 spiro atoms. The van der Waals surface area contributed by atoms with Crippen molar-refractivity contribution in [3.8, 4) is 11.1 Å². The Labute approximate surface area is 176 Å². The largest absolute Gasteiger partial charge is 0.459 e. The lowest BCUT2D eigenvalue weighted by Crippen LogP contribution is -2.47. The zero-order valence-corrected chi connectivity index (χ0v) is 17.6. The van der Waals surface area contributed by atoms with Gasteiger partial charge >= 0.3 is 5.97 Å². The summed E-state index contributed by atoms with van der Waals surface area (Å²) in [5.74, 6) is -1.80. The maximum absolute atomic E-state index is 13.2. The SMILES string of the molecule is CC(C)(C)OC(=O)[C@@]1([C@@H](C[N+](=O)[O-])c2ccc(-c3ccccc3)cc2)CCCC1=O. The van der Waals surface area contributed by atoms with Crippen LogP contribution in [0.15, 0.2) is 54.6 Å². The molecule has 1 aliphatic carbocycles. The maximum atomic E-state index is 13.2. The van der Waals surface area contributed by atoms with Gasteiger partial charge in [-0.3, -0.25) is 19.7 Å². The molecule has 0 aliphatic heterocycles. The average molecular weight is 409 g/mol. The number of esters is 1. The highest BCUT2D eigenvalue weighted by Crippen LogP contribution is 2.48. The number of benzene rings is 2. The number of hydrogen-bond acceptors (Lipinski definition) is 5. The molecule has 2 aromatic rings. The van der Waals surface area contributed by atoms with Gasteiger partial charge in [0.2, 0.25) is 6.54 Å². The van der Waals surface area contributed by atoms with Gasteiger partial charge in [-0.2, -0.15) is 0 Å². The number of rotatable bonds is 6. The third-order valence-corrected chi connectivity index (χ3v) is 5.58. The number of hydrogen-bond donors (Lipinski definition) is 0. The molecule has 1 saturated carbocycles. The van der Waals surface area contributed by atoms with Gasteiger partial charge in [0.15, 0.2) is 5.78 Å². The molecule has 1 fully saturated rings. The van der Waals surface area contributed by atoms with E-state index in [1.54, 1.807) is 32.9 Å². The number of Topliss-reactive ketones (excluding diaryl/α,β-unsaturated/α-hetero) is 1. The molecule has 30 heavy (non-hydrogen) atoms. The molecule has 2 atom stereocenters. The van der Waals surface area contributed by atoms with E-state index >= 15 is 0 Å².